The number of aryl methyl sites for hydroxylation is 1. The topological polar surface area (TPSA) is 298 Å². The number of thioether (sulfide) groups is 3. The summed E-state index contributed by atoms with van der Waals surface area (Å²) in [6.45, 7) is 7.14. The number of carboxylic acids is 2. The van der Waals surface area contributed by atoms with E-state index >= 15 is 0 Å². The van der Waals surface area contributed by atoms with Crippen molar-refractivity contribution in [3.8, 4) is 0 Å². The summed E-state index contributed by atoms with van der Waals surface area (Å²) < 4.78 is 15.8. The number of rotatable bonds is 21. The van der Waals surface area contributed by atoms with Gasteiger partial charge in [-0.2, -0.15) is 0 Å². The molecular formula is C66H66Cl4N14Na2O10S3. The van der Waals surface area contributed by atoms with Gasteiger partial charge in [0.25, 0.3) is 0 Å². The van der Waals surface area contributed by atoms with Crippen molar-refractivity contribution in [3.05, 3.63) is 180 Å². The molecule has 12 aromatic rings. The van der Waals surface area contributed by atoms with E-state index in [0.29, 0.717) is 128 Å². The minimum Gasteiger partial charge on any atom is -0.870 e. The molecule has 9 aromatic heterocycles. The Hall–Kier alpha value is -6.67. The van der Waals surface area contributed by atoms with Gasteiger partial charge in [-0.25, -0.2) is 29.9 Å². The molecule has 33 heteroatoms. The van der Waals surface area contributed by atoms with Crippen LogP contribution in [0.1, 0.15) is 26.7 Å². The van der Waals surface area contributed by atoms with Crippen LogP contribution in [0.25, 0.3) is 65.8 Å². The van der Waals surface area contributed by atoms with E-state index in [2.05, 4.69) is 36.4 Å². The number of nitrogens with zero attached hydrogens (tertiary/aromatic N) is 14. The molecule has 0 amide bonds. The number of fused-ring (bicyclic) bond motifs is 6. The van der Waals surface area contributed by atoms with Gasteiger partial charge in [0.05, 0.1) is 101 Å². The normalized spacial score (nSPS) is 10.8. The van der Waals surface area contributed by atoms with E-state index in [1.165, 1.54) is 52.7 Å². The number of likely N-dealkylation sites (N-methyl/N-ethyl adjacent to an activating group) is 2. The van der Waals surface area contributed by atoms with Gasteiger partial charge in [-0.15, -0.1) is 35.3 Å². The molecule has 9 heterocycles. The van der Waals surface area contributed by atoms with Crippen LogP contribution in [0.3, 0.4) is 0 Å². The Labute approximate surface area is 644 Å². The molecule has 2 N–H and O–H groups in total. The average molecular weight is 1500 g/mol. The summed E-state index contributed by atoms with van der Waals surface area (Å²) in [5, 5.41) is 25.2. The second-order valence-corrected chi connectivity index (χ2v) is 25.5. The van der Waals surface area contributed by atoms with E-state index in [9.17, 15) is 39.0 Å². The molecule has 0 aliphatic rings. The molecule has 0 atom stereocenters. The summed E-state index contributed by atoms with van der Waals surface area (Å²) in [4.78, 5) is 106. The zero-order valence-electron chi connectivity index (χ0n) is 55.6. The first-order valence-electron chi connectivity index (χ1n) is 29.8. The quantitative estimate of drug-likeness (QED) is 0.0325. The Morgan fingerprint density at radius 1 is 0.525 bits per heavy atom. The van der Waals surface area contributed by atoms with Crippen LogP contribution in [0.15, 0.2) is 158 Å². The Balaban J connectivity index is 0.000000218. The van der Waals surface area contributed by atoms with E-state index in [4.69, 9.17) is 56.1 Å². The fourth-order valence-corrected chi connectivity index (χ4v) is 13.9. The van der Waals surface area contributed by atoms with Crippen LogP contribution in [-0.2, 0) is 58.4 Å². The minimum absolute atomic E-state index is 0. The van der Waals surface area contributed by atoms with Gasteiger partial charge >= 0.3 is 71.1 Å². The fraction of sp³-hybridized carbons (Fsp3) is 0.273. The van der Waals surface area contributed by atoms with Crippen molar-refractivity contribution < 1.29 is 93.9 Å². The van der Waals surface area contributed by atoms with Gasteiger partial charge in [-0.05, 0) is 105 Å². The number of hydrogen-bond donors (Lipinski definition) is 1. The third kappa shape index (κ3) is 19.1. The van der Waals surface area contributed by atoms with Crippen LogP contribution >= 0.6 is 81.7 Å². The second kappa shape index (κ2) is 37.8. The van der Waals surface area contributed by atoms with Crippen molar-refractivity contribution in [3.63, 3.8) is 0 Å². The van der Waals surface area contributed by atoms with E-state index in [1.807, 2.05) is 82.9 Å². The van der Waals surface area contributed by atoms with Crippen molar-refractivity contribution in [1.82, 2.24) is 57.3 Å². The third-order valence-corrected chi connectivity index (χ3v) is 19.2. The van der Waals surface area contributed by atoms with Gasteiger partial charge in [0, 0.05) is 100 Å². The van der Waals surface area contributed by atoms with E-state index in [1.54, 1.807) is 114 Å². The maximum Gasteiger partial charge on any atom is 1.00 e. The number of carboxylic acid groups (broad SMARTS) is 2. The largest absolute Gasteiger partial charge is 1.00 e. The van der Waals surface area contributed by atoms with Crippen LogP contribution in [0, 0.1) is 0 Å². The van der Waals surface area contributed by atoms with Gasteiger partial charge in [0.15, 0.2) is 16.3 Å². The summed E-state index contributed by atoms with van der Waals surface area (Å²) in [5.74, 6) is -1.48. The monoisotopic (exact) mass is 1500 g/mol. The molecule has 99 heavy (non-hydrogen) atoms. The van der Waals surface area contributed by atoms with Crippen LogP contribution in [0.4, 0.5) is 11.6 Å². The summed E-state index contributed by atoms with van der Waals surface area (Å²) in [6, 6.07) is 20.0. The first-order chi connectivity index (χ1) is 46.2. The van der Waals surface area contributed by atoms with Gasteiger partial charge in [0.1, 0.15) is 46.8 Å². The van der Waals surface area contributed by atoms with Crippen molar-refractivity contribution in [2.45, 2.75) is 80.6 Å². The predicted molar refractivity (Wildman–Crippen MR) is 385 cm³/mol. The molecule has 24 nitrogen and oxygen atoms in total. The van der Waals surface area contributed by atoms with E-state index in [-0.39, 0.29) is 111 Å². The SMILES string of the molecule is CCCCn1ccnc1.CCOC(=O)Cn1c2nc(Cl)ccc2c(=O)c2ccc(Cl)c(SC)c21.CSc1c(Cl)ccc2c(=O)c3ccc(N(C)CCn4ccnc4)nc3n(CC(=O)O)c12.CSc1c(Cl)ccc2c(=O)c3ccc(N(C)CCn4ccnc4)nc3n(CC(=O)[O-])c12.[Na+].[Na+].[OH-]. The first-order valence-corrected chi connectivity index (χ1v) is 35.0. The number of aromatic nitrogens is 12. The third-order valence-electron chi connectivity index (χ3n) is 15.3. The second-order valence-electron chi connectivity index (χ2n) is 21.4. The number of unbranched alkanes of at least 4 members (excludes halogenated alkanes) is 1. The number of ether oxygens (including phenoxy) is 1. The summed E-state index contributed by atoms with van der Waals surface area (Å²) in [7, 11) is 3.79. The van der Waals surface area contributed by atoms with Crippen molar-refractivity contribution in [2.75, 3.05) is 62.4 Å². The molecule has 0 fully saturated rings. The van der Waals surface area contributed by atoms with E-state index < -0.39 is 24.5 Å². The number of imidazole rings is 3. The molecule has 0 aliphatic carbocycles. The molecule has 3 aromatic carbocycles. The zero-order chi connectivity index (χ0) is 68.9. The van der Waals surface area contributed by atoms with Gasteiger partial charge < -0.3 is 62.4 Å². The molecule has 508 valence electrons. The number of benzene rings is 3. The number of carbonyl (C=O) groups is 3. The molecular weight excluding hydrogens is 1430 g/mol. The molecule has 0 saturated carbocycles. The standard InChI is InChI=1S/2C21H20ClN5O3S.C17H14Cl2N2O3S.C7H12N2.2Na.H2O/c2*1-25(9-10-26-8-7-23-12-26)16-6-4-14-19(30)13-3-5-15(22)20(31-2)18(13)27(11-17(28)29)21(14)24-16;1-3-24-13(22)8-21-14-9(4-6-11(18)16(14)25-2)15(23)10-5-7-12(19)20-17(10)21;1-2-3-5-9-6-4-8-7-9;;;/h2*3-8,12H,9-11H2,1-2H3,(H,28,29);4-7H,3,8H2,1-2H3;4,6-7H,2-3,5H2,1H3;;;1H2/q;;;;2*+1;/p-2. The number of carbonyl (C=O) groups excluding carboxylic acids is 2. The summed E-state index contributed by atoms with van der Waals surface area (Å²) in [5.41, 5.74) is 1.84. The summed E-state index contributed by atoms with van der Waals surface area (Å²) >= 11 is 29.2. The Morgan fingerprint density at radius 3 is 1.24 bits per heavy atom. The summed E-state index contributed by atoms with van der Waals surface area (Å²) in [6.07, 6.45) is 24.4. The van der Waals surface area contributed by atoms with E-state index in [0.717, 1.165) is 6.54 Å². The van der Waals surface area contributed by atoms with Crippen molar-refractivity contribution >= 4 is 177 Å². The molecule has 0 saturated heterocycles. The van der Waals surface area contributed by atoms with Crippen LogP contribution in [0.5, 0.6) is 0 Å². The number of hydrogen-bond acceptors (Lipinski definition) is 20. The molecule has 12 rings (SSSR count). The molecule has 0 unspecified atom stereocenters. The van der Waals surface area contributed by atoms with Crippen LogP contribution in [0.2, 0.25) is 20.2 Å². The number of halogens is 4. The minimum atomic E-state index is -1.28. The average Bonchev–Trinajstić information content (AvgIpc) is 1.75. The molecule has 0 aliphatic heterocycles. The fourth-order valence-electron chi connectivity index (χ4n) is 10.6. The maximum atomic E-state index is 13.2. The first kappa shape index (κ1) is 81.3. The van der Waals surface area contributed by atoms with Crippen LogP contribution in [-0.4, -0.2) is 138 Å². The smallest absolute Gasteiger partial charge is 0.870 e. The zero-order valence-corrected chi connectivity index (χ0v) is 65.0. The molecule has 0 radical (unpaired) electrons. The number of anilines is 2. The number of aliphatic carboxylic acids is 2. The Morgan fingerprint density at radius 2 is 0.889 bits per heavy atom. The van der Waals surface area contributed by atoms with Gasteiger partial charge in [-0.1, -0.05) is 59.7 Å². The van der Waals surface area contributed by atoms with Crippen molar-refractivity contribution in [2.24, 2.45) is 0 Å². The molecule has 0 bridgehead atoms. The van der Waals surface area contributed by atoms with Crippen LogP contribution < -0.4 is 90.3 Å². The maximum absolute atomic E-state index is 13.2. The predicted octanol–water partition coefficient (Wildman–Crippen LogP) is 5.01. The number of esters is 1. The molecule has 0 spiro atoms. The van der Waals surface area contributed by atoms with Crippen molar-refractivity contribution in [1.29, 1.82) is 0 Å². The number of pyridine rings is 6. The van der Waals surface area contributed by atoms with Gasteiger partial charge in [-0.3, -0.25) is 24.0 Å². The Kier molecular flexibility index (Phi) is 31.1. The van der Waals surface area contributed by atoms with Gasteiger partial charge in [0.2, 0.25) is 0 Å². The Bertz CT molecular complexity index is 4810.